The second-order valence-electron chi connectivity index (χ2n) is 1.24. The quantitative estimate of drug-likeness (QED) is 0.379. The first-order valence-electron chi connectivity index (χ1n) is 2.15. The molecule has 0 saturated carbocycles. The van der Waals surface area contributed by atoms with Gasteiger partial charge in [0.15, 0.2) is 0 Å². The van der Waals surface area contributed by atoms with E-state index in [1.165, 1.54) is 0 Å². The molecule has 1 heteroatoms. The average Bonchev–Trinajstić information content (AvgIpc) is 1.68. The zero-order valence-corrected chi connectivity index (χ0v) is 4.65. The number of hydrogen-bond acceptors (Lipinski definition) is 1. The fourth-order valence-corrected chi connectivity index (χ4v) is 0.186. The summed E-state index contributed by atoms with van der Waals surface area (Å²) < 4.78 is 0. The zero-order chi connectivity index (χ0) is 5.70. The van der Waals surface area contributed by atoms with Crippen LogP contribution in [0, 0.1) is 12.5 Å². The van der Waals surface area contributed by atoms with Crippen molar-refractivity contribution in [3.05, 3.63) is 11.8 Å². The highest BCUT2D eigenvalue weighted by atomic mass is 14.8. The summed E-state index contributed by atoms with van der Waals surface area (Å²) in [6.45, 7) is 3.85. The molecule has 0 saturated heterocycles. The van der Waals surface area contributed by atoms with Gasteiger partial charge in [0.25, 0.3) is 0 Å². The van der Waals surface area contributed by atoms with Gasteiger partial charge in [0.2, 0.25) is 0 Å². The van der Waals surface area contributed by atoms with E-state index >= 15 is 0 Å². The maximum atomic E-state index is 4.90. The van der Waals surface area contributed by atoms with Gasteiger partial charge in [0.05, 0.1) is 0 Å². The van der Waals surface area contributed by atoms with E-state index < -0.39 is 0 Å². The van der Waals surface area contributed by atoms with Crippen molar-refractivity contribution in [1.82, 2.24) is 5.32 Å². The van der Waals surface area contributed by atoms with E-state index in [1.807, 2.05) is 19.9 Å². The van der Waals surface area contributed by atoms with Gasteiger partial charge in [-0.25, -0.2) is 0 Å². The van der Waals surface area contributed by atoms with Crippen molar-refractivity contribution in [1.29, 1.82) is 0 Å². The van der Waals surface area contributed by atoms with Crippen molar-refractivity contribution in [2.24, 2.45) is 0 Å². The van der Waals surface area contributed by atoms with Gasteiger partial charge in [0, 0.05) is 11.7 Å². The van der Waals surface area contributed by atoms with Gasteiger partial charge in [-0.2, -0.15) is 0 Å². The summed E-state index contributed by atoms with van der Waals surface area (Å²) in [4.78, 5) is 0. The summed E-state index contributed by atoms with van der Waals surface area (Å²) in [5.41, 5.74) is 1.02. The minimum atomic E-state index is 1.02. The normalized spacial score (nSPS) is 10.1. The Kier molecular flexibility index (Phi) is 2.87. The molecule has 0 heterocycles. The lowest BCUT2D eigenvalue weighted by Crippen LogP contribution is -1.99. The third-order valence-corrected chi connectivity index (χ3v) is 0.702. The van der Waals surface area contributed by atoms with Crippen LogP contribution in [-0.4, -0.2) is 0 Å². The van der Waals surface area contributed by atoms with Crippen molar-refractivity contribution < 1.29 is 0 Å². The van der Waals surface area contributed by atoms with Gasteiger partial charge in [-0.15, -0.1) is 0 Å². The first-order valence-corrected chi connectivity index (χ1v) is 2.15. The van der Waals surface area contributed by atoms with E-state index in [0.717, 1.165) is 5.70 Å². The molecule has 0 aromatic heterocycles. The monoisotopic (exact) mass is 95.1 g/mol. The van der Waals surface area contributed by atoms with Gasteiger partial charge >= 0.3 is 0 Å². The highest BCUT2D eigenvalue weighted by Gasteiger charge is 1.72. The molecule has 1 N–H and O–H groups in total. The van der Waals surface area contributed by atoms with Gasteiger partial charge in [0.1, 0.15) is 0 Å². The second-order valence-corrected chi connectivity index (χ2v) is 1.24. The second kappa shape index (κ2) is 3.30. The molecule has 7 heavy (non-hydrogen) atoms. The fourth-order valence-electron chi connectivity index (χ4n) is 0.186. The molecule has 0 atom stereocenters. The highest BCUT2D eigenvalue weighted by molar-refractivity contribution is 5.00. The molecule has 0 fully saturated rings. The molecular formula is C6H9N. The van der Waals surface area contributed by atoms with Crippen molar-refractivity contribution in [2.45, 2.75) is 13.8 Å². The standard InChI is InChI=1S/C6H9N/c1-4-6(3)7-5-2/h2,4,7H,1,3H3/b6-4+. The Bertz CT molecular complexity index is 106. The molecule has 1 nitrogen and oxygen atoms in total. The van der Waals surface area contributed by atoms with Crippen LogP contribution in [0.15, 0.2) is 11.8 Å². The van der Waals surface area contributed by atoms with Crippen LogP contribution in [0.4, 0.5) is 0 Å². The van der Waals surface area contributed by atoms with E-state index in [2.05, 4.69) is 11.4 Å². The number of rotatable bonds is 1. The molecule has 0 radical (unpaired) electrons. The molecule has 0 aliphatic heterocycles. The summed E-state index contributed by atoms with van der Waals surface area (Å²) >= 11 is 0. The molecule has 0 rings (SSSR count). The molecule has 0 aliphatic rings. The topological polar surface area (TPSA) is 12.0 Å². The smallest absolute Gasteiger partial charge is 0.0156 e. The van der Waals surface area contributed by atoms with Crippen LogP contribution in [0.2, 0.25) is 0 Å². The van der Waals surface area contributed by atoms with E-state index in [9.17, 15) is 0 Å². The molecule has 0 aliphatic carbocycles. The van der Waals surface area contributed by atoms with Crippen LogP contribution in [0.25, 0.3) is 0 Å². The Labute approximate surface area is 44.4 Å². The molecule has 0 bridgehead atoms. The van der Waals surface area contributed by atoms with E-state index in [0.29, 0.717) is 0 Å². The maximum absolute atomic E-state index is 4.90. The summed E-state index contributed by atoms with van der Waals surface area (Å²) in [6.07, 6.45) is 6.82. The third kappa shape index (κ3) is 2.92. The maximum Gasteiger partial charge on any atom is 0.0156 e. The first-order chi connectivity index (χ1) is 3.31. The molecule has 0 amide bonds. The summed E-state index contributed by atoms with van der Waals surface area (Å²) in [7, 11) is 0. The van der Waals surface area contributed by atoms with Crippen molar-refractivity contribution in [3.8, 4) is 12.5 Å². The Balaban J connectivity index is 3.43. The SMILES string of the molecule is C#CN/C(C)=C/C. The van der Waals surface area contributed by atoms with E-state index in [1.54, 1.807) is 0 Å². The van der Waals surface area contributed by atoms with Crippen LogP contribution in [0.5, 0.6) is 0 Å². The first kappa shape index (κ1) is 6.10. The lowest BCUT2D eigenvalue weighted by atomic mass is 10.5. The molecule has 0 unspecified atom stereocenters. The van der Waals surface area contributed by atoms with Crippen LogP contribution >= 0.6 is 0 Å². The minimum absolute atomic E-state index is 1.02. The number of allylic oxidation sites excluding steroid dienone is 2. The van der Waals surface area contributed by atoms with Crippen molar-refractivity contribution in [3.63, 3.8) is 0 Å². The van der Waals surface area contributed by atoms with Crippen LogP contribution in [0.3, 0.4) is 0 Å². The Morgan fingerprint density at radius 1 is 1.86 bits per heavy atom. The molecule has 0 spiro atoms. The predicted molar refractivity (Wildman–Crippen MR) is 31.4 cm³/mol. The molecular weight excluding hydrogens is 86.1 g/mol. The van der Waals surface area contributed by atoms with Gasteiger partial charge in [-0.05, 0) is 13.8 Å². The lowest BCUT2D eigenvalue weighted by Gasteiger charge is -1.90. The fraction of sp³-hybridized carbons (Fsp3) is 0.333. The molecule has 38 valence electrons. The van der Waals surface area contributed by atoms with Crippen LogP contribution in [0.1, 0.15) is 13.8 Å². The summed E-state index contributed by atoms with van der Waals surface area (Å²) in [6, 6.07) is 2.30. The van der Waals surface area contributed by atoms with Crippen LogP contribution < -0.4 is 5.32 Å². The van der Waals surface area contributed by atoms with Crippen molar-refractivity contribution >= 4 is 0 Å². The summed E-state index contributed by atoms with van der Waals surface area (Å²) in [5.74, 6) is 0. The molecule has 0 aromatic carbocycles. The Hall–Kier alpha value is -0.900. The Morgan fingerprint density at radius 3 is 2.57 bits per heavy atom. The average molecular weight is 95.1 g/mol. The van der Waals surface area contributed by atoms with E-state index in [4.69, 9.17) is 6.42 Å². The third-order valence-electron chi connectivity index (χ3n) is 0.702. The minimum Gasteiger partial charge on any atom is -0.320 e. The number of nitrogens with one attached hydrogen (secondary N) is 1. The van der Waals surface area contributed by atoms with E-state index in [-0.39, 0.29) is 0 Å². The summed E-state index contributed by atoms with van der Waals surface area (Å²) in [5, 5.41) is 2.68. The predicted octanol–water partition coefficient (Wildman–Crippen LogP) is 1.09. The van der Waals surface area contributed by atoms with Gasteiger partial charge in [-0.3, -0.25) is 0 Å². The molecule has 0 aromatic rings. The number of terminal acetylenes is 1. The lowest BCUT2D eigenvalue weighted by molar-refractivity contribution is 1.09. The van der Waals surface area contributed by atoms with Crippen molar-refractivity contribution in [2.75, 3.05) is 0 Å². The zero-order valence-electron chi connectivity index (χ0n) is 4.65. The number of hydrogen-bond donors (Lipinski definition) is 1. The van der Waals surface area contributed by atoms with Gasteiger partial charge < -0.3 is 5.32 Å². The highest BCUT2D eigenvalue weighted by Crippen LogP contribution is 1.79. The Morgan fingerprint density at radius 2 is 2.43 bits per heavy atom. The van der Waals surface area contributed by atoms with Crippen LogP contribution in [-0.2, 0) is 0 Å². The van der Waals surface area contributed by atoms with Gasteiger partial charge in [-0.1, -0.05) is 12.5 Å². The largest absolute Gasteiger partial charge is 0.320 e.